The Balaban J connectivity index is 1.06. The summed E-state index contributed by atoms with van der Waals surface area (Å²) in [5.41, 5.74) is 11.5. The van der Waals surface area contributed by atoms with Crippen LogP contribution in [-0.2, 0) is 0 Å². The molecule has 1 N–H and O–H groups in total. The number of hydrogen-bond donors (Lipinski definition) is 1. The smallest absolute Gasteiger partial charge is 0.159 e. The molecular formula is C51H33N5O. The fourth-order valence-corrected chi connectivity index (χ4v) is 8.91. The van der Waals surface area contributed by atoms with Crippen LogP contribution in [0.3, 0.4) is 0 Å². The van der Waals surface area contributed by atoms with Gasteiger partial charge >= 0.3 is 0 Å². The molecule has 0 fully saturated rings. The van der Waals surface area contributed by atoms with Gasteiger partial charge in [-0.15, -0.1) is 0 Å². The molecule has 12 rings (SSSR count). The first kappa shape index (κ1) is 31.6. The first-order valence-corrected chi connectivity index (χ1v) is 19.3. The lowest BCUT2D eigenvalue weighted by Gasteiger charge is -2.24. The van der Waals surface area contributed by atoms with Gasteiger partial charge in [-0.2, -0.15) is 0 Å². The molecule has 4 heterocycles. The van der Waals surface area contributed by atoms with Crippen molar-refractivity contribution in [3.63, 3.8) is 0 Å². The molecule has 0 aliphatic carbocycles. The Labute approximate surface area is 327 Å². The normalized spacial score (nSPS) is 14.5. The zero-order chi connectivity index (χ0) is 37.5. The molecule has 57 heavy (non-hydrogen) atoms. The third kappa shape index (κ3) is 4.84. The second kappa shape index (κ2) is 12.4. The highest BCUT2D eigenvalue weighted by molar-refractivity contribution is 6.26. The Kier molecular flexibility index (Phi) is 6.89. The number of aromatic nitrogens is 2. The molecule has 6 nitrogen and oxygen atoms in total. The van der Waals surface area contributed by atoms with Crippen LogP contribution in [0.15, 0.2) is 202 Å². The monoisotopic (exact) mass is 731 g/mol. The zero-order valence-corrected chi connectivity index (χ0v) is 30.7. The van der Waals surface area contributed by atoms with Crippen LogP contribution in [-0.4, -0.2) is 20.8 Å². The van der Waals surface area contributed by atoms with Gasteiger partial charge < -0.3 is 18.9 Å². The van der Waals surface area contributed by atoms with Crippen LogP contribution in [0.1, 0.15) is 22.9 Å². The molecule has 11 aromatic rings. The molecule has 268 valence electrons. The molecule has 3 aromatic heterocycles. The van der Waals surface area contributed by atoms with E-state index in [0.717, 1.165) is 66.9 Å². The first-order valence-electron chi connectivity index (χ1n) is 19.3. The van der Waals surface area contributed by atoms with Crippen LogP contribution in [0, 0.1) is 0 Å². The summed E-state index contributed by atoms with van der Waals surface area (Å²) in [6.07, 6.45) is -0.381. The van der Waals surface area contributed by atoms with Crippen molar-refractivity contribution in [1.82, 2.24) is 14.5 Å². The van der Waals surface area contributed by atoms with Gasteiger partial charge in [-0.05, 0) is 48.5 Å². The summed E-state index contributed by atoms with van der Waals surface area (Å²) in [5, 5.41) is 10.6. The maximum absolute atomic E-state index is 6.73. The number of hydrogen-bond acceptors (Lipinski definition) is 4. The van der Waals surface area contributed by atoms with Gasteiger partial charge in [0.05, 0.1) is 22.1 Å². The number of nitrogens with one attached hydrogen (secondary N) is 1. The number of rotatable bonds is 5. The van der Waals surface area contributed by atoms with E-state index in [2.05, 4.69) is 166 Å². The van der Waals surface area contributed by atoms with Crippen molar-refractivity contribution in [2.45, 2.75) is 6.17 Å². The molecule has 1 unspecified atom stereocenters. The highest BCUT2D eigenvalue weighted by Crippen LogP contribution is 2.43. The number of para-hydroxylation sites is 3. The lowest BCUT2D eigenvalue weighted by atomic mass is 10.0. The summed E-state index contributed by atoms with van der Waals surface area (Å²) in [6, 6.07) is 66.0. The van der Waals surface area contributed by atoms with Crippen LogP contribution in [0.4, 0.5) is 0 Å². The van der Waals surface area contributed by atoms with Gasteiger partial charge in [-0.25, -0.2) is 9.98 Å². The molecule has 0 spiro atoms. The molecule has 1 aliphatic rings. The topological polar surface area (TPSA) is 59.8 Å². The van der Waals surface area contributed by atoms with Gasteiger partial charge in [0, 0.05) is 66.4 Å². The van der Waals surface area contributed by atoms with Gasteiger partial charge in [0.2, 0.25) is 0 Å². The van der Waals surface area contributed by atoms with E-state index in [9.17, 15) is 0 Å². The molecule has 0 saturated heterocycles. The van der Waals surface area contributed by atoms with Crippen LogP contribution in [0.2, 0.25) is 0 Å². The highest BCUT2D eigenvalue weighted by atomic mass is 16.3. The maximum atomic E-state index is 6.73. The average Bonchev–Trinajstić information content (AvgIpc) is 3.94. The second-order valence-corrected chi connectivity index (χ2v) is 14.6. The number of amidine groups is 2. The van der Waals surface area contributed by atoms with Crippen LogP contribution >= 0.6 is 0 Å². The van der Waals surface area contributed by atoms with E-state index in [1.807, 2.05) is 36.4 Å². The highest BCUT2D eigenvalue weighted by Gasteiger charge is 2.25. The van der Waals surface area contributed by atoms with E-state index < -0.39 is 0 Å². The fraction of sp³-hybridized carbons (Fsp3) is 0.0196. The molecule has 0 bridgehead atoms. The van der Waals surface area contributed by atoms with Crippen molar-refractivity contribution < 1.29 is 4.42 Å². The Hall–Kier alpha value is -7.70. The van der Waals surface area contributed by atoms with E-state index in [-0.39, 0.29) is 6.17 Å². The average molecular weight is 732 g/mol. The molecule has 1 atom stereocenters. The van der Waals surface area contributed by atoms with Crippen molar-refractivity contribution in [2.24, 2.45) is 9.98 Å². The summed E-state index contributed by atoms with van der Waals surface area (Å²) in [4.78, 5) is 10.2. The minimum atomic E-state index is -0.381. The fourth-order valence-electron chi connectivity index (χ4n) is 8.91. The van der Waals surface area contributed by atoms with E-state index in [4.69, 9.17) is 14.4 Å². The molecule has 0 radical (unpaired) electrons. The Morgan fingerprint density at radius 3 is 1.91 bits per heavy atom. The van der Waals surface area contributed by atoms with E-state index in [0.29, 0.717) is 5.84 Å². The van der Waals surface area contributed by atoms with E-state index >= 15 is 0 Å². The molecule has 1 aliphatic heterocycles. The van der Waals surface area contributed by atoms with Gasteiger partial charge in [0.15, 0.2) is 5.84 Å². The third-order valence-corrected chi connectivity index (χ3v) is 11.4. The largest absolute Gasteiger partial charge is 0.456 e. The quantitative estimate of drug-likeness (QED) is 0.192. The zero-order valence-electron chi connectivity index (χ0n) is 30.7. The minimum Gasteiger partial charge on any atom is -0.456 e. The van der Waals surface area contributed by atoms with Crippen LogP contribution in [0.25, 0.3) is 76.9 Å². The Morgan fingerprint density at radius 2 is 1.12 bits per heavy atom. The summed E-state index contributed by atoms with van der Waals surface area (Å²) < 4.78 is 11.5. The van der Waals surface area contributed by atoms with Crippen molar-refractivity contribution in [3.8, 4) is 11.4 Å². The first-order chi connectivity index (χ1) is 28.3. The van der Waals surface area contributed by atoms with Gasteiger partial charge in [-0.1, -0.05) is 133 Å². The number of nitrogens with zero attached hydrogens (tertiary/aromatic N) is 4. The summed E-state index contributed by atoms with van der Waals surface area (Å²) >= 11 is 0. The SMILES string of the molecule is c1ccc(C2=NC(c3cccc4oc5cc(-n6c7ccccc7c7c6ccc6c8ccccc8n(-c8ccccc8)c67)ccc5c34)NC(c3ccccc3)=N2)cc1. The van der Waals surface area contributed by atoms with Gasteiger partial charge in [-0.3, -0.25) is 0 Å². The summed E-state index contributed by atoms with van der Waals surface area (Å²) in [7, 11) is 0. The molecular weight excluding hydrogens is 699 g/mol. The predicted molar refractivity (Wildman–Crippen MR) is 234 cm³/mol. The van der Waals surface area contributed by atoms with E-state index in [1.165, 1.54) is 32.6 Å². The lowest BCUT2D eigenvalue weighted by molar-refractivity contribution is 0.662. The molecule has 6 heteroatoms. The maximum Gasteiger partial charge on any atom is 0.159 e. The number of furan rings is 1. The van der Waals surface area contributed by atoms with Crippen molar-refractivity contribution >= 4 is 77.2 Å². The third-order valence-electron chi connectivity index (χ3n) is 11.4. The number of fused-ring (bicyclic) bond motifs is 10. The van der Waals surface area contributed by atoms with E-state index in [1.54, 1.807) is 0 Å². The van der Waals surface area contributed by atoms with Gasteiger partial charge in [0.1, 0.15) is 23.2 Å². The second-order valence-electron chi connectivity index (χ2n) is 14.6. The van der Waals surface area contributed by atoms with Crippen LogP contribution < -0.4 is 5.32 Å². The predicted octanol–water partition coefficient (Wildman–Crippen LogP) is 12.3. The molecule has 0 saturated carbocycles. The lowest BCUT2D eigenvalue weighted by Crippen LogP contribution is -2.33. The Morgan fingerprint density at radius 1 is 0.456 bits per heavy atom. The molecule has 0 amide bonds. The van der Waals surface area contributed by atoms with Crippen molar-refractivity contribution in [3.05, 3.63) is 205 Å². The number of aliphatic imine (C=N–C) groups is 2. The minimum absolute atomic E-state index is 0.381. The van der Waals surface area contributed by atoms with Crippen molar-refractivity contribution in [2.75, 3.05) is 0 Å². The summed E-state index contributed by atoms with van der Waals surface area (Å²) in [6.45, 7) is 0. The molecule has 8 aromatic carbocycles. The Bertz CT molecular complexity index is 3430. The standard InChI is InChI=1S/C51H33N5O/c1-4-15-32(16-5-1)49-52-50(33-17-6-2-7-18-33)54-51(53-49)40-23-14-26-44-46(40)39-28-27-35(31-45(39)57-44)55-42-25-13-11-22-38(42)47-43(55)30-29-37-36-21-10-12-24-41(36)56(48(37)47)34-19-8-3-9-20-34/h1-31,51H,(H,52,53,54). The van der Waals surface area contributed by atoms with Crippen molar-refractivity contribution in [1.29, 1.82) is 0 Å². The number of benzene rings is 8. The van der Waals surface area contributed by atoms with Gasteiger partial charge in [0.25, 0.3) is 0 Å². The van der Waals surface area contributed by atoms with Crippen LogP contribution in [0.5, 0.6) is 0 Å². The summed E-state index contributed by atoms with van der Waals surface area (Å²) in [5.74, 6) is 1.48.